The Balaban J connectivity index is 1.75. The number of fused-ring (bicyclic) bond motifs is 2. The predicted molar refractivity (Wildman–Crippen MR) is 162 cm³/mol. The van der Waals surface area contributed by atoms with E-state index in [2.05, 4.69) is 10.0 Å². The molecule has 3 N–H and O–H groups in total. The van der Waals surface area contributed by atoms with E-state index in [4.69, 9.17) is 4.74 Å². The number of aryl methyl sites for hydroxylation is 2. The maximum atomic E-state index is 13.7. The first kappa shape index (κ1) is 29.8. The van der Waals surface area contributed by atoms with Crippen molar-refractivity contribution in [2.24, 2.45) is 13.0 Å². The molecule has 1 aliphatic heterocycles. The number of ether oxygens (including phenoxy) is 1. The number of nitrogens with zero attached hydrogens (tertiary/aromatic N) is 2. The lowest BCUT2D eigenvalue weighted by atomic mass is 9.96. The summed E-state index contributed by atoms with van der Waals surface area (Å²) < 4.78 is 62.9. The Labute approximate surface area is 244 Å². The van der Waals surface area contributed by atoms with Crippen LogP contribution >= 0.6 is 0 Å². The van der Waals surface area contributed by atoms with Gasteiger partial charge in [0.1, 0.15) is 11.6 Å². The predicted octanol–water partition coefficient (Wildman–Crippen LogP) is 3.14. The number of aliphatic hydroxyl groups excluding tert-OH is 1. The molecule has 42 heavy (non-hydrogen) atoms. The maximum absolute atomic E-state index is 13.7. The first-order valence-electron chi connectivity index (χ1n) is 13.5. The molecule has 2 unspecified atom stereocenters. The number of hydrogen-bond donors (Lipinski definition) is 3. The molecule has 0 spiro atoms. The van der Waals surface area contributed by atoms with Crippen LogP contribution in [0.15, 0.2) is 64.5 Å². The molecule has 0 aliphatic carbocycles. The van der Waals surface area contributed by atoms with Crippen LogP contribution in [0, 0.1) is 12.8 Å². The minimum absolute atomic E-state index is 0.0282. The Morgan fingerprint density at radius 2 is 1.76 bits per heavy atom. The third-order valence-electron chi connectivity index (χ3n) is 7.41. The standard InChI is InChI=1S/C29H34N4O7S2/c1-6-41(36,37)30-15-19-13-22(27-24(14-19)31-28(34)26(40-27)17(2)3)23-16-32(5)29(35)25-21(23)11-12-33(25)42(38,39)20-9-7-18(4)8-10-20/h7-14,16-17,26,28,30-31,34H,6,15H2,1-5H3. The highest BCUT2D eigenvalue weighted by molar-refractivity contribution is 7.90. The van der Waals surface area contributed by atoms with E-state index in [1.165, 1.54) is 36.9 Å². The van der Waals surface area contributed by atoms with Crippen molar-refractivity contribution < 1.29 is 26.7 Å². The quantitative estimate of drug-likeness (QED) is 0.274. The zero-order valence-corrected chi connectivity index (χ0v) is 25.6. The molecular formula is C29H34N4O7S2. The third-order valence-corrected chi connectivity index (χ3v) is 10.4. The fourth-order valence-electron chi connectivity index (χ4n) is 5.03. The van der Waals surface area contributed by atoms with Gasteiger partial charge in [0.15, 0.2) is 12.0 Å². The van der Waals surface area contributed by atoms with Crippen molar-refractivity contribution in [2.45, 2.75) is 51.5 Å². The molecule has 13 heteroatoms. The topological polar surface area (TPSA) is 149 Å². The Morgan fingerprint density at radius 1 is 1.07 bits per heavy atom. The van der Waals surface area contributed by atoms with Crippen LogP contribution in [-0.2, 0) is 33.6 Å². The minimum atomic E-state index is -4.11. The third kappa shape index (κ3) is 5.33. The van der Waals surface area contributed by atoms with Crippen molar-refractivity contribution in [3.63, 3.8) is 0 Å². The molecule has 0 fully saturated rings. The van der Waals surface area contributed by atoms with E-state index in [0.717, 1.165) is 9.54 Å². The molecule has 2 atom stereocenters. The monoisotopic (exact) mass is 614 g/mol. The van der Waals surface area contributed by atoms with Gasteiger partial charge >= 0.3 is 0 Å². The van der Waals surface area contributed by atoms with Gasteiger partial charge in [-0.05, 0) is 55.7 Å². The summed E-state index contributed by atoms with van der Waals surface area (Å²) in [5, 5.41) is 14.2. The zero-order chi connectivity index (χ0) is 30.6. The van der Waals surface area contributed by atoms with Crippen LogP contribution in [0.3, 0.4) is 0 Å². The molecule has 11 nitrogen and oxygen atoms in total. The van der Waals surface area contributed by atoms with Crippen molar-refractivity contribution in [2.75, 3.05) is 11.1 Å². The second kappa shape index (κ2) is 10.9. The zero-order valence-electron chi connectivity index (χ0n) is 24.0. The summed E-state index contributed by atoms with van der Waals surface area (Å²) >= 11 is 0. The number of sulfonamides is 1. The Morgan fingerprint density at radius 3 is 2.40 bits per heavy atom. The lowest BCUT2D eigenvalue weighted by molar-refractivity contribution is 0.0175. The Bertz CT molecular complexity index is 1940. The molecule has 0 saturated heterocycles. The van der Waals surface area contributed by atoms with E-state index < -0.39 is 37.9 Å². The van der Waals surface area contributed by atoms with Gasteiger partial charge in [0, 0.05) is 42.5 Å². The van der Waals surface area contributed by atoms with Gasteiger partial charge in [-0.15, -0.1) is 0 Å². The number of benzene rings is 2. The number of aliphatic hydroxyl groups is 1. The first-order valence-corrected chi connectivity index (χ1v) is 16.6. The van der Waals surface area contributed by atoms with Crippen LogP contribution in [0.25, 0.3) is 22.0 Å². The molecule has 3 heterocycles. The molecule has 5 rings (SSSR count). The summed E-state index contributed by atoms with van der Waals surface area (Å²) in [5.74, 6) is 0.242. The maximum Gasteiger partial charge on any atom is 0.275 e. The molecule has 2 aromatic heterocycles. The molecule has 224 valence electrons. The van der Waals surface area contributed by atoms with Gasteiger partial charge < -0.3 is 19.7 Å². The van der Waals surface area contributed by atoms with Gasteiger partial charge in [0.25, 0.3) is 15.6 Å². The molecule has 4 aromatic rings. The lowest BCUT2D eigenvalue weighted by Gasteiger charge is -2.35. The number of anilines is 1. The van der Waals surface area contributed by atoms with Gasteiger partial charge in [0.2, 0.25) is 10.0 Å². The number of hydrogen-bond acceptors (Lipinski definition) is 8. The van der Waals surface area contributed by atoms with E-state index in [1.807, 2.05) is 20.8 Å². The van der Waals surface area contributed by atoms with Gasteiger partial charge in [-0.3, -0.25) is 4.79 Å². The van der Waals surface area contributed by atoms with Crippen molar-refractivity contribution >= 4 is 36.6 Å². The molecular weight excluding hydrogens is 580 g/mol. The molecule has 0 amide bonds. The van der Waals surface area contributed by atoms with Gasteiger partial charge in [-0.1, -0.05) is 31.5 Å². The highest BCUT2D eigenvalue weighted by Crippen LogP contribution is 2.44. The van der Waals surface area contributed by atoms with E-state index in [9.17, 15) is 26.7 Å². The normalized spacial score (nSPS) is 17.2. The fourth-order valence-corrected chi connectivity index (χ4v) is 6.97. The van der Waals surface area contributed by atoms with Crippen LogP contribution in [-0.4, -0.2) is 48.6 Å². The van der Waals surface area contributed by atoms with Crippen molar-refractivity contribution in [3.05, 3.63) is 76.3 Å². The molecule has 0 radical (unpaired) electrons. The van der Waals surface area contributed by atoms with E-state index in [0.29, 0.717) is 33.5 Å². The smallest absolute Gasteiger partial charge is 0.275 e. The average molecular weight is 615 g/mol. The molecule has 2 aromatic carbocycles. The largest absolute Gasteiger partial charge is 0.483 e. The van der Waals surface area contributed by atoms with Crippen molar-refractivity contribution in [1.82, 2.24) is 13.3 Å². The number of rotatable bonds is 8. The summed E-state index contributed by atoms with van der Waals surface area (Å²) in [4.78, 5) is 13.5. The Hall–Kier alpha value is -3.65. The van der Waals surface area contributed by atoms with Gasteiger partial charge in [-0.2, -0.15) is 0 Å². The number of aromatic nitrogens is 2. The van der Waals surface area contributed by atoms with Crippen LogP contribution < -0.4 is 20.3 Å². The molecule has 1 aliphatic rings. The van der Waals surface area contributed by atoms with E-state index >= 15 is 0 Å². The molecule has 0 saturated carbocycles. The van der Waals surface area contributed by atoms with E-state index in [-0.39, 0.29) is 28.6 Å². The minimum Gasteiger partial charge on any atom is -0.483 e. The van der Waals surface area contributed by atoms with Crippen LogP contribution in [0.2, 0.25) is 0 Å². The number of pyridine rings is 1. The molecule has 0 bridgehead atoms. The highest BCUT2D eigenvalue weighted by atomic mass is 32.2. The van der Waals surface area contributed by atoms with Crippen molar-refractivity contribution in [3.8, 4) is 16.9 Å². The second-order valence-corrected chi connectivity index (χ2v) is 14.7. The summed E-state index contributed by atoms with van der Waals surface area (Å²) in [5.41, 5.74) is 2.37. The van der Waals surface area contributed by atoms with Gasteiger partial charge in [0.05, 0.1) is 16.3 Å². The van der Waals surface area contributed by atoms with E-state index in [1.54, 1.807) is 36.5 Å². The lowest BCUT2D eigenvalue weighted by Crippen LogP contribution is -2.44. The summed E-state index contributed by atoms with van der Waals surface area (Å²) in [7, 11) is -6.08. The van der Waals surface area contributed by atoms with Crippen LogP contribution in [0.1, 0.15) is 31.9 Å². The number of nitrogens with one attached hydrogen (secondary N) is 2. The fraction of sp³-hybridized carbons (Fsp3) is 0.345. The van der Waals surface area contributed by atoms with Crippen LogP contribution in [0.5, 0.6) is 5.75 Å². The first-order chi connectivity index (χ1) is 19.7. The van der Waals surface area contributed by atoms with Crippen molar-refractivity contribution in [1.29, 1.82) is 0 Å². The second-order valence-electron chi connectivity index (χ2n) is 10.8. The highest BCUT2D eigenvalue weighted by Gasteiger charge is 2.33. The summed E-state index contributed by atoms with van der Waals surface area (Å²) in [6, 6.07) is 11.4. The Kier molecular flexibility index (Phi) is 7.73. The van der Waals surface area contributed by atoms with Gasteiger partial charge in [-0.25, -0.2) is 25.5 Å². The SMILES string of the molecule is CCS(=O)(=O)NCc1cc2c(c(-c3cn(C)c(=O)c4c3ccn4S(=O)(=O)c3ccc(C)cc3)c1)OC(C(C)C)C(O)N2. The average Bonchev–Trinajstić information content (AvgIpc) is 3.40. The van der Waals surface area contributed by atoms with Crippen LogP contribution in [0.4, 0.5) is 5.69 Å². The summed E-state index contributed by atoms with van der Waals surface area (Å²) in [6.07, 6.45) is 1.34. The summed E-state index contributed by atoms with van der Waals surface area (Å²) in [6.45, 7) is 7.18.